The SMILES string of the molecule is CC(C)(C)c1cc(Br)ccc1OCC(=O)Nc1ccccc1C(=O)NCCc1ccccc1. The fraction of sp³-hybridized carbons (Fsp3) is 0.259. The Morgan fingerprint density at radius 3 is 2.36 bits per heavy atom. The van der Waals surface area contributed by atoms with Crippen molar-refractivity contribution >= 4 is 33.4 Å². The zero-order chi connectivity index (χ0) is 23.8. The number of para-hydroxylation sites is 1. The van der Waals surface area contributed by atoms with E-state index in [-0.39, 0.29) is 23.8 Å². The van der Waals surface area contributed by atoms with Gasteiger partial charge in [0.05, 0.1) is 11.3 Å². The summed E-state index contributed by atoms with van der Waals surface area (Å²) in [7, 11) is 0. The minimum absolute atomic E-state index is 0.139. The van der Waals surface area contributed by atoms with E-state index >= 15 is 0 Å². The number of hydrogen-bond donors (Lipinski definition) is 2. The molecule has 0 saturated carbocycles. The molecular weight excluding hydrogens is 480 g/mol. The summed E-state index contributed by atoms with van der Waals surface area (Å²) in [6.07, 6.45) is 0.734. The van der Waals surface area contributed by atoms with Crippen molar-refractivity contribution in [2.45, 2.75) is 32.6 Å². The van der Waals surface area contributed by atoms with E-state index in [1.54, 1.807) is 24.3 Å². The molecule has 33 heavy (non-hydrogen) atoms. The number of nitrogens with one attached hydrogen (secondary N) is 2. The zero-order valence-electron chi connectivity index (χ0n) is 19.2. The molecule has 3 aromatic rings. The minimum atomic E-state index is -0.331. The predicted octanol–water partition coefficient (Wildman–Crippen LogP) is 5.74. The number of carbonyl (C=O) groups excluding carboxylic acids is 2. The first kappa shape index (κ1) is 24.5. The summed E-state index contributed by atoms with van der Waals surface area (Å²) in [4.78, 5) is 25.3. The Kier molecular flexibility index (Phi) is 8.28. The highest BCUT2D eigenvalue weighted by Gasteiger charge is 2.20. The van der Waals surface area contributed by atoms with Gasteiger partial charge in [0.25, 0.3) is 11.8 Å². The van der Waals surface area contributed by atoms with Gasteiger partial charge in [0.2, 0.25) is 0 Å². The van der Waals surface area contributed by atoms with E-state index in [9.17, 15) is 9.59 Å². The predicted molar refractivity (Wildman–Crippen MR) is 136 cm³/mol. The van der Waals surface area contributed by atoms with Crippen LogP contribution in [0.1, 0.15) is 42.3 Å². The van der Waals surface area contributed by atoms with Crippen LogP contribution in [0.2, 0.25) is 0 Å². The highest BCUT2D eigenvalue weighted by Crippen LogP contribution is 2.33. The summed E-state index contributed by atoms with van der Waals surface area (Å²) in [6.45, 7) is 6.62. The summed E-state index contributed by atoms with van der Waals surface area (Å²) >= 11 is 3.49. The normalized spacial score (nSPS) is 11.0. The summed E-state index contributed by atoms with van der Waals surface area (Å²) in [5, 5.41) is 5.73. The standard InChI is InChI=1S/C27H29BrN2O3/c1-27(2,3)22-17-20(28)13-14-24(22)33-18-25(31)30-23-12-8-7-11-21(23)26(32)29-16-15-19-9-5-4-6-10-19/h4-14,17H,15-16,18H2,1-3H3,(H,29,32)(H,30,31). The molecule has 0 saturated heterocycles. The molecule has 5 nitrogen and oxygen atoms in total. The Morgan fingerprint density at radius 2 is 1.64 bits per heavy atom. The first-order chi connectivity index (χ1) is 15.7. The number of hydrogen-bond acceptors (Lipinski definition) is 3. The van der Waals surface area contributed by atoms with Crippen LogP contribution in [0.5, 0.6) is 5.75 Å². The van der Waals surface area contributed by atoms with Crippen LogP contribution in [0.25, 0.3) is 0 Å². The van der Waals surface area contributed by atoms with Gasteiger partial charge in [0.15, 0.2) is 6.61 Å². The molecule has 0 aliphatic heterocycles. The molecule has 0 bridgehead atoms. The molecule has 0 aromatic heterocycles. The third kappa shape index (κ3) is 7.19. The second kappa shape index (κ2) is 11.1. The second-order valence-corrected chi connectivity index (χ2v) is 9.68. The second-order valence-electron chi connectivity index (χ2n) is 8.76. The molecule has 2 N–H and O–H groups in total. The van der Waals surface area contributed by atoms with Gasteiger partial charge in [0.1, 0.15) is 5.75 Å². The Bertz CT molecular complexity index is 1110. The zero-order valence-corrected chi connectivity index (χ0v) is 20.7. The molecule has 0 spiro atoms. The van der Waals surface area contributed by atoms with Crippen molar-refractivity contribution in [2.24, 2.45) is 0 Å². The van der Waals surface area contributed by atoms with Crippen molar-refractivity contribution in [1.29, 1.82) is 0 Å². The van der Waals surface area contributed by atoms with E-state index in [0.29, 0.717) is 23.5 Å². The maximum absolute atomic E-state index is 12.7. The van der Waals surface area contributed by atoms with Crippen molar-refractivity contribution in [3.63, 3.8) is 0 Å². The summed E-state index contributed by atoms with van der Waals surface area (Å²) in [5.41, 5.74) is 2.88. The largest absolute Gasteiger partial charge is 0.483 e. The minimum Gasteiger partial charge on any atom is -0.483 e. The fourth-order valence-electron chi connectivity index (χ4n) is 3.39. The smallest absolute Gasteiger partial charge is 0.262 e. The van der Waals surface area contributed by atoms with Gasteiger partial charge in [-0.25, -0.2) is 0 Å². The highest BCUT2D eigenvalue weighted by atomic mass is 79.9. The Balaban J connectivity index is 1.60. The molecule has 6 heteroatoms. The van der Waals surface area contributed by atoms with E-state index in [1.807, 2.05) is 48.5 Å². The van der Waals surface area contributed by atoms with Crippen molar-refractivity contribution in [1.82, 2.24) is 5.32 Å². The maximum atomic E-state index is 12.7. The number of ether oxygens (including phenoxy) is 1. The van der Waals surface area contributed by atoms with Gasteiger partial charge in [-0.3, -0.25) is 9.59 Å². The van der Waals surface area contributed by atoms with Gasteiger partial charge in [0, 0.05) is 16.6 Å². The lowest BCUT2D eigenvalue weighted by Gasteiger charge is -2.23. The van der Waals surface area contributed by atoms with Gasteiger partial charge in [-0.1, -0.05) is 79.2 Å². The Morgan fingerprint density at radius 1 is 0.939 bits per heavy atom. The average Bonchev–Trinajstić information content (AvgIpc) is 2.78. The quantitative estimate of drug-likeness (QED) is 0.407. The lowest BCUT2D eigenvalue weighted by molar-refractivity contribution is -0.118. The van der Waals surface area contributed by atoms with E-state index in [2.05, 4.69) is 47.3 Å². The average molecular weight is 509 g/mol. The van der Waals surface area contributed by atoms with Crippen LogP contribution in [0.3, 0.4) is 0 Å². The first-order valence-corrected chi connectivity index (χ1v) is 11.7. The number of carbonyl (C=O) groups is 2. The molecule has 3 rings (SSSR count). The van der Waals surface area contributed by atoms with Gasteiger partial charge in [-0.05, 0) is 47.7 Å². The van der Waals surface area contributed by atoms with Crippen LogP contribution >= 0.6 is 15.9 Å². The Labute approximate surface area is 203 Å². The molecule has 0 atom stereocenters. The molecule has 0 unspecified atom stereocenters. The van der Waals surface area contributed by atoms with Crippen LogP contribution in [-0.4, -0.2) is 25.0 Å². The third-order valence-corrected chi connectivity index (χ3v) is 5.59. The topological polar surface area (TPSA) is 67.4 Å². The molecular formula is C27H29BrN2O3. The first-order valence-electron chi connectivity index (χ1n) is 10.9. The number of halogens is 1. The Hall–Kier alpha value is -3.12. The lowest BCUT2D eigenvalue weighted by Crippen LogP contribution is -2.28. The van der Waals surface area contributed by atoms with E-state index in [1.165, 1.54) is 0 Å². The van der Waals surface area contributed by atoms with Gasteiger partial charge >= 0.3 is 0 Å². The van der Waals surface area contributed by atoms with E-state index in [4.69, 9.17) is 4.74 Å². The lowest BCUT2D eigenvalue weighted by atomic mass is 9.86. The van der Waals surface area contributed by atoms with Crippen LogP contribution in [0.4, 0.5) is 5.69 Å². The molecule has 0 aliphatic rings. The summed E-state index contributed by atoms with van der Waals surface area (Å²) in [6, 6.07) is 22.7. The third-order valence-electron chi connectivity index (χ3n) is 5.10. The molecule has 2 amide bonds. The van der Waals surface area contributed by atoms with Crippen molar-refractivity contribution in [3.8, 4) is 5.75 Å². The van der Waals surface area contributed by atoms with Crippen LogP contribution in [0, 0.1) is 0 Å². The van der Waals surface area contributed by atoms with Crippen LogP contribution < -0.4 is 15.4 Å². The van der Waals surface area contributed by atoms with E-state index < -0.39 is 0 Å². The molecule has 172 valence electrons. The van der Waals surface area contributed by atoms with Crippen molar-refractivity contribution < 1.29 is 14.3 Å². The molecule has 0 heterocycles. The van der Waals surface area contributed by atoms with Crippen LogP contribution in [0.15, 0.2) is 77.3 Å². The maximum Gasteiger partial charge on any atom is 0.262 e. The van der Waals surface area contributed by atoms with E-state index in [0.717, 1.165) is 22.0 Å². The number of rotatable bonds is 8. The highest BCUT2D eigenvalue weighted by molar-refractivity contribution is 9.10. The summed E-state index contributed by atoms with van der Waals surface area (Å²) < 4.78 is 6.79. The van der Waals surface area contributed by atoms with Crippen LogP contribution in [-0.2, 0) is 16.6 Å². The molecule has 0 aliphatic carbocycles. The molecule has 3 aromatic carbocycles. The van der Waals surface area contributed by atoms with Gasteiger partial charge in [-0.2, -0.15) is 0 Å². The molecule has 0 fully saturated rings. The number of amides is 2. The monoisotopic (exact) mass is 508 g/mol. The van der Waals surface area contributed by atoms with Gasteiger partial charge in [-0.15, -0.1) is 0 Å². The van der Waals surface area contributed by atoms with Gasteiger partial charge < -0.3 is 15.4 Å². The van der Waals surface area contributed by atoms with Crippen molar-refractivity contribution in [2.75, 3.05) is 18.5 Å². The molecule has 0 radical (unpaired) electrons. The van der Waals surface area contributed by atoms with Crippen molar-refractivity contribution in [3.05, 3.63) is 94.0 Å². The summed E-state index contributed by atoms with van der Waals surface area (Å²) in [5.74, 6) is 0.0979. The number of anilines is 1. The fourth-order valence-corrected chi connectivity index (χ4v) is 3.76. The number of benzene rings is 3.